The summed E-state index contributed by atoms with van der Waals surface area (Å²) in [5, 5.41) is 9.51. The van der Waals surface area contributed by atoms with Gasteiger partial charge in [0.15, 0.2) is 17.9 Å². The number of fused-ring (bicyclic) bond motifs is 1. The number of nitrogens with zero attached hydrogens (tertiary/aromatic N) is 4. The van der Waals surface area contributed by atoms with E-state index in [9.17, 15) is 14.0 Å². The minimum absolute atomic E-state index is 0.00692. The van der Waals surface area contributed by atoms with Crippen molar-refractivity contribution in [2.24, 2.45) is 5.92 Å². The Kier molecular flexibility index (Phi) is 4.77. The molecule has 5 rings (SSSR count). The minimum atomic E-state index is -0.642. The summed E-state index contributed by atoms with van der Waals surface area (Å²) >= 11 is 0. The zero-order chi connectivity index (χ0) is 22.2. The van der Waals surface area contributed by atoms with Crippen molar-refractivity contribution in [1.29, 1.82) is 0 Å². The quantitative estimate of drug-likeness (QED) is 0.474. The fraction of sp³-hybridized carbons (Fsp3) is 0.190. The average Bonchev–Trinajstić information content (AvgIpc) is 3.41. The maximum absolute atomic E-state index is 14.2. The summed E-state index contributed by atoms with van der Waals surface area (Å²) in [6, 6.07) is 7.17. The van der Waals surface area contributed by atoms with E-state index in [4.69, 9.17) is 9.15 Å². The molecule has 2 amide bonds. The number of aromatic nitrogens is 4. The predicted octanol–water partition coefficient (Wildman–Crippen LogP) is 3.56. The first-order valence-corrected chi connectivity index (χ1v) is 9.82. The third-order valence-electron chi connectivity index (χ3n) is 4.86. The van der Waals surface area contributed by atoms with Gasteiger partial charge in [-0.3, -0.25) is 9.59 Å². The smallest absolute Gasteiger partial charge is 0.293 e. The van der Waals surface area contributed by atoms with Gasteiger partial charge in [0.1, 0.15) is 11.6 Å². The molecule has 11 heteroatoms. The number of oxazole rings is 1. The van der Waals surface area contributed by atoms with Crippen molar-refractivity contribution in [2.45, 2.75) is 19.8 Å². The van der Waals surface area contributed by atoms with Crippen LogP contribution in [0.3, 0.4) is 0 Å². The molecule has 0 radical (unpaired) electrons. The van der Waals surface area contributed by atoms with Gasteiger partial charge in [0.25, 0.3) is 5.91 Å². The van der Waals surface area contributed by atoms with Crippen LogP contribution in [0.1, 0.15) is 29.1 Å². The number of hydrogen-bond acceptors (Lipinski definition) is 7. The van der Waals surface area contributed by atoms with Gasteiger partial charge in [0.05, 0.1) is 17.6 Å². The Labute approximate surface area is 180 Å². The highest BCUT2D eigenvalue weighted by Gasteiger charge is 2.30. The molecule has 1 aliphatic rings. The van der Waals surface area contributed by atoms with Crippen LogP contribution in [0.4, 0.5) is 15.9 Å². The summed E-state index contributed by atoms with van der Waals surface area (Å²) in [5.74, 6) is -0.394. The van der Waals surface area contributed by atoms with Crippen molar-refractivity contribution in [2.75, 3.05) is 10.6 Å². The number of amides is 2. The number of nitrogens with one attached hydrogen (secondary N) is 2. The zero-order valence-corrected chi connectivity index (χ0v) is 16.8. The molecule has 1 fully saturated rings. The molecule has 1 aliphatic carbocycles. The molecule has 1 aromatic carbocycles. The van der Waals surface area contributed by atoms with E-state index < -0.39 is 11.7 Å². The normalized spacial score (nSPS) is 13.2. The standard InChI is InChI=1S/C21H17FN6O4/c1-11-19(31-10-23-11)21(30)24-15-8-13(4-5-14(15)22)32-18-7-6-17-25-16(9-28(17)27-18)26-20(29)12-2-3-12/h4-10,12H,2-3H2,1H3,(H,24,30)(H,26,29). The van der Waals surface area contributed by atoms with Crippen LogP contribution in [-0.4, -0.2) is 31.4 Å². The highest BCUT2D eigenvalue weighted by Crippen LogP contribution is 2.30. The van der Waals surface area contributed by atoms with Gasteiger partial charge in [0.2, 0.25) is 17.5 Å². The van der Waals surface area contributed by atoms with Crippen LogP contribution in [-0.2, 0) is 4.79 Å². The predicted molar refractivity (Wildman–Crippen MR) is 110 cm³/mol. The van der Waals surface area contributed by atoms with Gasteiger partial charge in [-0.1, -0.05) is 0 Å². The fourth-order valence-corrected chi connectivity index (χ4v) is 3.04. The number of carbonyl (C=O) groups is 2. The van der Waals surface area contributed by atoms with Crippen LogP contribution >= 0.6 is 0 Å². The number of rotatable bonds is 6. The van der Waals surface area contributed by atoms with E-state index in [0.717, 1.165) is 19.2 Å². The first-order chi connectivity index (χ1) is 15.5. The highest BCUT2D eigenvalue weighted by molar-refractivity contribution is 6.03. The van der Waals surface area contributed by atoms with Crippen LogP contribution in [0.2, 0.25) is 0 Å². The topological polar surface area (TPSA) is 124 Å². The maximum Gasteiger partial charge on any atom is 0.293 e. The summed E-state index contributed by atoms with van der Waals surface area (Å²) in [5.41, 5.74) is 0.829. The Bertz CT molecular complexity index is 1340. The second-order valence-corrected chi connectivity index (χ2v) is 7.33. The van der Waals surface area contributed by atoms with Crippen molar-refractivity contribution in [3.8, 4) is 11.6 Å². The Hall–Kier alpha value is -4.28. The van der Waals surface area contributed by atoms with Crippen molar-refractivity contribution in [3.05, 3.63) is 60.2 Å². The lowest BCUT2D eigenvalue weighted by atomic mass is 10.2. The Morgan fingerprint density at radius 3 is 2.81 bits per heavy atom. The van der Waals surface area contributed by atoms with Gasteiger partial charge in [-0.05, 0) is 38.0 Å². The Morgan fingerprint density at radius 1 is 1.22 bits per heavy atom. The SMILES string of the molecule is Cc1ncoc1C(=O)Nc1cc(Oc2ccc3nc(NC(=O)C4CC4)cn3n2)ccc1F. The second kappa shape index (κ2) is 7.76. The fourth-order valence-electron chi connectivity index (χ4n) is 3.04. The lowest BCUT2D eigenvalue weighted by Gasteiger charge is -2.09. The van der Waals surface area contributed by atoms with E-state index in [1.165, 1.54) is 22.7 Å². The van der Waals surface area contributed by atoms with Crippen LogP contribution in [0, 0.1) is 18.7 Å². The molecular weight excluding hydrogens is 419 g/mol. The molecule has 162 valence electrons. The summed E-state index contributed by atoms with van der Waals surface area (Å²) in [6.07, 6.45) is 4.51. The monoisotopic (exact) mass is 436 g/mol. The number of anilines is 2. The molecule has 32 heavy (non-hydrogen) atoms. The molecule has 3 heterocycles. The molecule has 0 bridgehead atoms. The number of hydrogen-bond donors (Lipinski definition) is 2. The van der Waals surface area contributed by atoms with E-state index in [1.54, 1.807) is 25.3 Å². The molecule has 0 atom stereocenters. The molecule has 1 saturated carbocycles. The highest BCUT2D eigenvalue weighted by atomic mass is 19.1. The second-order valence-electron chi connectivity index (χ2n) is 7.33. The zero-order valence-electron chi connectivity index (χ0n) is 16.8. The molecule has 0 saturated heterocycles. The minimum Gasteiger partial charge on any atom is -0.438 e. The molecule has 0 spiro atoms. The summed E-state index contributed by atoms with van der Waals surface area (Å²) in [4.78, 5) is 32.3. The van der Waals surface area contributed by atoms with Gasteiger partial charge in [0, 0.05) is 18.1 Å². The number of aryl methyl sites for hydroxylation is 1. The molecule has 3 aromatic heterocycles. The van der Waals surface area contributed by atoms with Gasteiger partial charge in [-0.15, -0.1) is 5.10 Å². The molecule has 0 unspecified atom stereocenters. The molecule has 0 aliphatic heterocycles. The summed E-state index contributed by atoms with van der Waals surface area (Å²) < 4.78 is 26.4. The third-order valence-corrected chi connectivity index (χ3v) is 4.86. The number of halogens is 1. The van der Waals surface area contributed by atoms with Crippen LogP contribution in [0.15, 0.2) is 47.3 Å². The number of benzene rings is 1. The molecule has 4 aromatic rings. The van der Waals surface area contributed by atoms with E-state index in [0.29, 0.717) is 17.2 Å². The average molecular weight is 436 g/mol. The Morgan fingerprint density at radius 2 is 2.06 bits per heavy atom. The molecular formula is C21H17FN6O4. The lowest BCUT2D eigenvalue weighted by molar-refractivity contribution is -0.117. The van der Waals surface area contributed by atoms with Gasteiger partial charge < -0.3 is 19.8 Å². The van der Waals surface area contributed by atoms with Crippen molar-refractivity contribution in [3.63, 3.8) is 0 Å². The van der Waals surface area contributed by atoms with E-state index >= 15 is 0 Å². The largest absolute Gasteiger partial charge is 0.438 e. The van der Waals surface area contributed by atoms with E-state index in [-0.39, 0.29) is 34.9 Å². The van der Waals surface area contributed by atoms with Gasteiger partial charge >= 0.3 is 0 Å². The number of ether oxygens (including phenoxy) is 1. The first kappa shape index (κ1) is 19.7. The number of imidazole rings is 1. The summed E-state index contributed by atoms with van der Waals surface area (Å²) in [7, 11) is 0. The van der Waals surface area contributed by atoms with Gasteiger partial charge in [-0.25, -0.2) is 18.9 Å². The summed E-state index contributed by atoms with van der Waals surface area (Å²) in [6.45, 7) is 1.61. The van der Waals surface area contributed by atoms with Crippen molar-refractivity contribution < 1.29 is 23.1 Å². The van der Waals surface area contributed by atoms with Crippen LogP contribution in [0.5, 0.6) is 11.6 Å². The van der Waals surface area contributed by atoms with Gasteiger partial charge in [-0.2, -0.15) is 0 Å². The maximum atomic E-state index is 14.2. The third kappa shape index (κ3) is 4.00. The lowest BCUT2D eigenvalue weighted by Crippen LogP contribution is -2.13. The molecule has 10 nitrogen and oxygen atoms in total. The number of carbonyl (C=O) groups excluding carboxylic acids is 2. The van der Waals surface area contributed by atoms with Crippen molar-refractivity contribution in [1.82, 2.24) is 19.6 Å². The van der Waals surface area contributed by atoms with E-state index in [1.807, 2.05) is 0 Å². The first-order valence-electron chi connectivity index (χ1n) is 9.82. The van der Waals surface area contributed by atoms with Crippen LogP contribution < -0.4 is 15.4 Å². The molecule has 2 N–H and O–H groups in total. The van der Waals surface area contributed by atoms with E-state index in [2.05, 4.69) is 25.7 Å². The van der Waals surface area contributed by atoms with Crippen LogP contribution in [0.25, 0.3) is 5.65 Å². The van der Waals surface area contributed by atoms with Crippen molar-refractivity contribution >= 4 is 29.0 Å². The Balaban J connectivity index is 1.33.